The fourth-order valence-electron chi connectivity index (χ4n) is 3.26. The number of rotatable bonds is 6. The number of aromatic nitrogens is 4. The highest BCUT2D eigenvalue weighted by Gasteiger charge is 2.13. The van der Waals surface area contributed by atoms with Crippen LogP contribution in [0, 0.1) is 0 Å². The Kier molecular flexibility index (Phi) is 5.16. The third-order valence-corrected chi connectivity index (χ3v) is 4.88. The zero-order valence-corrected chi connectivity index (χ0v) is 17.0. The van der Waals surface area contributed by atoms with E-state index in [-0.39, 0.29) is 5.41 Å². The summed E-state index contributed by atoms with van der Waals surface area (Å²) < 4.78 is 9.76. The van der Waals surface area contributed by atoms with Gasteiger partial charge in [0.2, 0.25) is 0 Å². The van der Waals surface area contributed by atoms with Gasteiger partial charge in [-0.15, -0.1) is 10.2 Å². The van der Waals surface area contributed by atoms with Crippen LogP contribution in [0.15, 0.2) is 72.5 Å². The Hall–Kier alpha value is -3.41. The maximum absolute atomic E-state index is 5.98. The minimum Gasteiger partial charge on any atom is -0.492 e. The van der Waals surface area contributed by atoms with Crippen molar-refractivity contribution in [1.29, 1.82) is 0 Å². The number of nitrogens with zero attached hydrogens (tertiary/aromatic N) is 5. The van der Waals surface area contributed by atoms with Gasteiger partial charge in [0.1, 0.15) is 25.0 Å². The average Bonchev–Trinajstić information content (AvgIpc) is 3.34. The Bertz CT molecular complexity index is 1100. The van der Waals surface area contributed by atoms with Crippen molar-refractivity contribution in [3.8, 4) is 5.75 Å². The molecule has 0 N–H and O–H groups in total. The topological polar surface area (TPSA) is 57.2 Å². The van der Waals surface area contributed by atoms with E-state index in [4.69, 9.17) is 4.74 Å². The van der Waals surface area contributed by atoms with Crippen LogP contribution in [0.1, 0.15) is 31.9 Å². The van der Waals surface area contributed by atoms with Gasteiger partial charge in [-0.05, 0) is 29.2 Å². The molecule has 0 fully saturated rings. The molecule has 0 aliphatic rings. The van der Waals surface area contributed by atoms with Crippen LogP contribution in [0.3, 0.4) is 0 Å². The first-order valence-corrected chi connectivity index (χ1v) is 9.71. The first kappa shape index (κ1) is 18.9. The number of ether oxygens (including phenoxy) is 1. The summed E-state index contributed by atoms with van der Waals surface area (Å²) in [6, 6.07) is 16.7. The number of hydrogen-bond acceptors (Lipinski definition) is 4. The van der Waals surface area contributed by atoms with Crippen LogP contribution >= 0.6 is 0 Å². The lowest BCUT2D eigenvalue weighted by atomic mass is 9.87. The maximum Gasteiger partial charge on any atom is 0.141 e. The van der Waals surface area contributed by atoms with Crippen molar-refractivity contribution < 1.29 is 4.74 Å². The molecule has 2 heterocycles. The molecule has 29 heavy (non-hydrogen) atoms. The molecule has 0 unspecified atom stereocenters. The van der Waals surface area contributed by atoms with Crippen molar-refractivity contribution in [2.45, 2.75) is 32.7 Å². The van der Waals surface area contributed by atoms with Crippen molar-refractivity contribution in [2.24, 2.45) is 5.10 Å². The highest BCUT2D eigenvalue weighted by Crippen LogP contribution is 2.24. The van der Waals surface area contributed by atoms with Crippen LogP contribution in [0.2, 0.25) is 0 Å². The molecule has 6 nitrogen and oxygen atoms in total. The SMILES string of the molecule is CC(C)(C)c1ccc(OCCn2cc(C=Nn3cnnc3)c3ccccc32)cc1. The Morgan fingerprint density at radius 1 is 1.00 bits per heavy atom. The van der Waals surface area contributed by atoms with Crippen LogP contribution < -0.4 is 4.74 Å². The average molecular weight is 387 g/mol. The lowest BCUT2D eigenvalue weighted by molar-refractivity contribution is 0.300. The van der Waals surface area contributed by atoms with Gasteiger partial charge in [0.05, 0.1) is 12.8 Å². The zero-order chi connectivity index (χ0) is 20.3. The number of hydrogen-bond donors (Lipinski definition) is 0. The van der Waals surface area contributed by atoms with Crippen molar-refractivity contribution >= 4 is 17.1 Å². The van der Waals surface area contributed by atoms with E-state index in [1.54, 1.807) is 17.3 Å². The van der Waals surface area contributed by atoms with Crippen LogP contribution in [-0.2, 0) is 12.0 Å². The summed E-state index contributed by atoms with van der Waals surface area (Å²) in [5.41, 5.74) is 3.65. The molecular formula is C23H25N5O. The molecule has 0 spiro atoms. The molecule has 2 aromatic heterocycles. The molecule has 0 atom stereocenters. The van der Waals surface area contributed by atoms with E-state index < -0.39 is 0 Å². The minimum absolute atomic E-state index is 0.146. The van der Waals surface area contributed by atoms with Gasteiger partial charge in [-0.25, -0.2) is 4.68 Å². The van der Waals surface area contributed by atoms with E-state index in [0.29, 0.717) is 6.61 Å². The Labute approximate surface area is 170 Å². The Morgan fingerprint density at radius 2 is 1.72 bits per heavy atom. The number of para-hydroxylation sites is 1. The lowest BCUT2D eigenvalue weighted by Crippen LogP contribution is -2.11. The summed E-state index contributed by atoms with van der Waals surface area (Å²) in [7, 11) is 0. The lowest BCUT2D eigenvalue weighted by Gasteiger charge is -2.19. The summed E-state index contributed by atoms with van der Waals surface area (Å²) in [6.07, 6.45) is 7.06. The van der Waals surface area contributed by atoms with Crippen molar-refractivity contribution in [3.05, 3.63) is 78.5 Å². The standard InChI is InChI=1S/C23H25N5O/c1-23(2,3)19-8-10-20(11-9-19)29-13-12-27-15-18(14-26-28-16-24-25-17-28)21-6-4-5-7-22(21)27/h4-11,14-17H,12-13H2,1-3H3. The van der Waals surface area contributed by atoms with Gasteiger partial charge in [-0.2, -0.15) is 5.10 Å². The van der Waals surface area contributed by atoms with Crippen molar-refractivity contribution in [2.75, 3.05) is 6.61 Å². The van der Waals surface area contributed by atoms with Gasteiger partial charge >= 0.3 is 0 Å². The van der Waals surface area contributed by atoms with Crippen LogP contribution in [0.5, 0.6) is 5.75 Å². The molecular weight excluding hydrogens is 362 g/mol. The summed E-state index contributed by atoms with van der Waals surface area (Å²) in [5.74, 6) is 0.892. The van der Waals surface area contributed by atoms with Gasteiger partial charge in [0, 0.05) is 22.7 Å². The van der Waals surface area contributed by atoms with Gasteiger partial charge in [-0.3, -0.25) is 0 Å². The second-order valence-electron chi connectivity index (χ2n) is 8.00. The largest absolute Gasteiger partial charge is 0.492 e. The fraction of sp³-hybridized carbons (Fsp3) is 0.261. The Balaban J connectivity index is 1.47. The molecule has 0 saturated heterocycles. The van der Waals surface area contributed by atoms with E-state index in [1.165, 1.54) is 5.56 Å². The van der Waals surface area contributed by atoms with Crippen LogP contribution in [-0.4, -0.2) is 32.3 Å². The second kappa shape index (κ2) is 7.91. The summed E-state index contributed by atoms with van der Waals surface area (Å²) in [5, 5.41) is 13.1. The van der Waals surface area contributed by atoms with Gasteiger partial charge in [0.25, 0.3) is 0 Å². The quantitative estimate of drug-likeness (QED) is 0.458. The normalized spacial score (nSPS) is 12.1. The molecule has 0 amide bonds. The molecule has 148 valence electrons. The molecule has 0 bridgehead atoms. The summed E-state index contributed by atoms with van der Waals surface area (Å²) in [6.45, 7) is 7.98. The fourth-order valence-corrected chi connectivity index (χ4v) is 3.26. The third-order valence-electron chi connectivity index (χ3n) is 4.88. The van der Waals surface area contributed by atoms with Crippen molar-refractivity contribution in [3.63, 3.8) is 0 Å². The first-order valence-electron chi connectivity index (χ1n) is 9.71. The molecule has 6 heteroatoms. The minimum atomic E-state index is 0.146. The van der Waals surface area contributed by atoms with Gasteiger partial charge in [-0.1, -0.05) is 51.1 Å². The molecule has 0 aliphatic carbocycles. The maximum atomic E-state index is 5.98. The monoisotopic (exact) mass is 387 g/mol. The molecule has 4 rings (SSSR count). The molecule has 2 aromatic carbocycles. The first-order chi connectivity index (χ1) is 14.0. The van der Waals surface area contributed by atoms with Crippen LogP contribution in [0.25, 0.3) is 10.9 Å². The third kappa shape index (κ3) is 4.37. The number of benzene rings is 2. The van der Waals surface area contributed by atoms with Crippen molar-refractivity contribution in [1.82, 2.24) is 19.4 Å². The predicted molar refractivity (Wildman–Crippen MR) is 116 cm³/mol. The molecule has 4 aromatic rings. The summed E-state index contributed by atoms with van der Waals surface area (Å²) >= 11 is 0. The van der Waals surface area contributed by atoms with E-state index in [2.05, 4.69) is 71.1 Å². The van der Waals surface area contributed by atoms with E-state index in [9.17, 15) is 0 Å². The number of fused-ring (bicyclic) bond motifs is 1. The molecule has 0 saturated carbocycles. The Morgan fingerprint density at radius 3 is 2.45 bits per heavy atom. The van der Waals surface area contributed by atoms with Gasteiger partial charge < -0.3 is 9.30 Å². The summed E-state index contributed by atoms with van der Waals surface area (Å²) in [4.78, 5) is 0. The van der Waals surface area contributed by atoms with Crippen LogP contribution in [0.4, 0.5) is 0 Å². The highest BCUT2D eigenvalue weighted by atomic mass is 16.5. The van der Waals surface area contributed by atoms with E-state index in [0.717, 1.165) is 28.8 Å². The molecule has 0 aliphatic heterocycles. The van der Waals surface area contributed by atoms with E-state index >= 15 is 0 Å². The zero-order valence-electron chi connectivity index (χ0n) is 17.0. The predicted octanol–water partition coefficient (Wildman–Crippen LogP) is 4.49. The molecule has 0 radical (unpaired) electrons. The second-order valence-corrected chi connectivity index (χ2v) is 8.00. The van der Waals surface area contributed by atoms with Gasteiger partial charge in [0.15, 0.2) is 0 Å². The highest BCUT2D eigenvalue weighted by molar-refractivity contribution is 5.99. The van der Waals surface area contributed by atoms with E-state index in [1.807, 2.05) is 30.5 Å². The smallest absolute Gasteiger partial charge is 0.141 e.